The first-order valence-corrected chi connectivity index (χ1v) is 3.33. The molecule has 11 heavy (non-hydrogen) atoms. The maximum atomic E-state index is 10.6. The topological polar surface area (TPSA) is 92.4 Å². The number of carbonyl (C=O) groups excluding carboxylic acids is 1. The molecule has 0 spiro atoms. The van der Waals surface area contributed by atoms with Gasteiger partial charge < -0.3 is 16.2 Å². The summed E-state index contributed by atoms with van der Waals surface area (Å²) in [5, 5.41) is 9.56. The van der Waals surface area contributed by atoms with E-state index in [1.807, 2.05) is 0 Å². The summed E-state index contributed by atoms with van der Waals surface area (Å²) in [6.45, 7) is 0.548. The van der Waals surface area contributed by atoms with Crippen molar-refractivity contribution in [2.75, 3.05) is 6.54 Å². The first-order valence-electron chi connectivity index (χ1n) is 3.33. The van der Waals surface area contributed by atoms with Gasteiger partial charge >= 0.3 is 0 Å². The molecule has 0 radical (unpaired) electrons. The summed E-state index contributed by atoms with van der Waals surface area (Å²) in [6.07, 6.45) is 1.86. The van der Waals surface area contributed by atoms with Gasteiger partial charge in [-0.3, -0.25) is 9.59 Å². The average molecular weight is 160 g/mol. The van der Waals surface area contributed by atoms with Crippen LogP contribution >= 0.6 is 0 Å². The van der Waals surface area contributed by atoms with Gasteiger partial charge in [-0.25, -0.2) is 0 Å². The van der Waals surface area contributed by atoms with E-state index in [1.165, 1.54) is 0 Å². The van der Waals surface area contributed by atoms with E-state index in [4.69, 9.17) is 15.6 Å². The predicted molar refractivity (Wildman–Crippen MR) is 38.9 cm³/mol. The minimum absolute atomic E-state index is 0.00347. The fourth-order valence-corrected chi connectivity index (χ4v) is 0.796. The third kappa shape index (κ3) is 4.32. The van der Waals surface area contributed by atoms with Gasteiger partial charge in [-0.15, -0.1) is 0 Å². The van der Waals surface area contributed by atoms with Gasteiger partial charge in [0.25, 0.3) is 6.47 Å². The summed E-state index contributed by atoms with van der Waals surface area (Å²) in [4.78, 5) is 18.9. The lowest BCUT2D eigenvalue weighted by Crippen LogP contribution is -2.45. The Labute approximate surface area is 64.6 Å². The van der Waals surface area contributed by atoms with E-state index in [0.29, 0.717) is 0 Å². The lowest BCUT2D eigenvalue weighted by Gasteiger charge is -2.16. The Bertz CT molecular complexity index is 138. The van der Waals surface area contributed by atoms with Crippen molar-refractivity contribution in [3.63, 3.8) is 0 Å². The summed E-state index contributed by atoms with van der Waals surface area (Å²) in [7, 11) is 0. The minimum Gasteiger partial charge on any atom is -0.483 e. The SMILES string of the molecule is N[C@H]1CCCNC1=O.O=CO. The molecule has 1 rings (SSSR count). The molecule has 0 bridgehead atoms. The molecule has 1 atom stereocenters. The second kappa shape index (κ2) is 5.67. The van der Waals surface area contributed by atoms with Crippen LogP contribution in [0, 0.1) is 0 Å². The fourth-order valence-electron chi connectivity index (χ4n) is 0.796. The molecule has 1 aliphatic rings. The summed E-state index contributed by atoms with van der Waals surface area (Å²) < 4.78 is 0. The van der Waals surface area contributed by atoms with Gasteiger partial charge in [0.1, 0.15) is 0 Å². The number of piperidine rings is 1. The number of nitrogens with one attached hydrogen (secondary N) is 1. The van der Waals surface area contributed by atoms with E-state index in [-0.39, 0.29) is 18.4 Å². The van der Waals surface area contributed by atoms with Crippen LogP contribution in [0.4, 0.5) is 0 Å². The Kier molecular flexibility index (Phi) is 5.10. The molecule has 0 aromatic heterocycles. The molecule has 1 fully saturated rings. The molecule has 1 saturated heterocycles. The number of carboxylic acid groups (broad SMARTS) is 1. The lowest BCUT2D eigenvalue weighted by molar-refractivity contribution is -0.124. The van der Waals surface area contributed by atoms with Gasteiger partial charge in [0.05, 0.1) is 6.04 Å². The van der Waals surface area contributed by atoms with Crippen molar-refractivity contribution >= 4 is 12.4 Å². The van der Waals surface area contributed by atoms with Gasteiger partial charge in [-0.2, -0.15) is 0 Å². The van der Waals surface area contributed by atoms with Gasteiger partial charge in [0, 0.05) is 6.54 Å². The third-order valence-electron chi connectivity index (χ3n) is 1.33. The van der Waals surface area contributed by atoms with Crippen LogP contribution in [0.25, 0.3) is 0 Å². The van der Waals surface area contributed by atoms with Crippen molar-refractivity contribution in [2.24, 2.45) is 5.73 Å². The standard InChI is InChI=1S/C5H10N2O.CH2O2/c6-4-2-1-3-7-5(4)8;2-1-3/h4H,1-3,6H2,(H,7,8);1H,(H,2,3)/t4-;/m0./s1. The Morgan fingerprint density at radius 1 is 1.73 bits per heavy atom. The van der Waals surface area contributed by atoms with Gasteiger partial charge in [0.2, 0.25) is 5.91 Å². The molecule has 5 nitrogen and oxygen atoms in total. The molecule has 0 saturated carbocycles. The highest BCUT2D eigenvalue weighted by molar-refractivity contribution is 5.81. The number of carbonyl (C=O) groups is 2. The van der Waals surface area contributed by atoms with Crippen molar-refractivity contribution in [3.05, 3.63) is 0 Å². The number of hydrogen-bond donors (Lipinski definition) is 3. The number of hydrogen-bond acceptors (Lipinski definition) is 3. The van der Waals surface area contributed by atoms with E-state index in [2.05, 4.69) is 5.32 Å². The van der Waals surface area contributed by atoms with E-state index in [1.54, 1.807) is 0 Å². The maximum absolute atomic E-state index is 10.6. The Balaban J connectivity index is 0.000000292. The van der Waals surface area contributed by atoms with E-state index in [0.717, 1.165) is 19.4 Å². The van der Waals surface area contributed by atoms with Crippen molar-refractivity contribution in [1.29, 1.82) is 0 Å². The molecule has 4 N–H and O–H groups in total. The first-order chi connectivity index (χ1) is 5.22. The maximum Gasteiger partial charge on any atom is 0.290 e. The van der Waals surface area contributed by atoms with Crippen LogP contribution < -0.4 is 11.1 Å². The zero-order valence-electron chi connectivity index (χ0n) is 6.12. The highest BCUT2D eigenvalue weighted by atomic mass is 16.3. The Hall–Kier alpha value is -1.10. The van der Waals surface area contributed by atoms with Crippen LogP contribution in [-0.4, -0.2) is 30.1 Å². The molecule has 1 aliphatic heterocycles. The van der Waals surface area contributed by atoms with Crippen LogP contribution in [0.15, 0.2) is 0 Å². The van der Waals surface area contributed by atoms with Gasteiger partial charge in [0.15, 0.2) is 0 Å². The molecule has 0 aromatic carbocycles. The van der Waals surface area contributed by atoms with Crippen LogP contribution in [-0.2, 0) is 9.59 Å². The van der Waals surface area contributed by atoms with Crippen LogP contribution in [0.1, 0.15) is 12.8 Å². The van der Waals surface area contributed by atoms with Crippen molar-refractivity contribution in [3.8, 4) is 0 Å². The molecular weight excluding hydrogens is 148 g/mol. The van der Waals surface area contributed by atoms with Crippen LogP contribution in [0.2, 0.25) is 0 Å². The zero-order valence-corrected chi connectivity index (χ0v) is 6.12. The monoisotopic (exact) mass is 160 g/mol. The van der Waals surface area contributed by atoms with Gasteiger partial charge in [-0.1, -0.05) is 0 Å². The molecule has 0 aliphatic carbocycles. The molecular formula is C6H12N2O3. The van der Waals surface area contributed by atoms with Gasteiger partial charge in [-0.05, 0) is 12.8 Å². The van der Waals surface area contributed by atoms with E-state index >= 15 is 0 Å². The number of rotatable bonds is 0. The van der Waals surface area contributed by atoms with E-state index < -0.39 is 0 Å². The Morgan fingerprint density at radius 2 is 2.27 bits per heavy atom. The summed E-state index contributed by atoms with van der Waals surface area (Å²) >= 11 is 0. The van der Waals surface area contributed by atoms with Crippen molar-refractivity contribution in [1.82, 2.24) is 5.32 Å². The van der Waals surface area contributed by atoms with Crippen LogP contribution in [0.5, 0.6) is 0 Å². The fraction of sp³-hybridized carbons (Fsp3) is 0.667. The molecule has 1 amide bonds. The Morgan fingerprint density at radius 3 is 2.55 bits per heavy atom. The van der Waals surface area contributed by atoms with Crippen molar-refractivity contribution in [2.45, 2.75) is 18.9 Å². The highest BCUT2D eigenvalue weighted by Crippen LogP contribution is 1.98. The first kappa shape index (κ1) is 9.90. The zero-order chi connectivity index (χ0) is 8.69. The smallest absolute Gasteiger partial charge is 0.290 e. The second-order valence-electron chi connectivity index (χ2n) is 2.15. The number of nitrogens with two attached hydrogens (primary N) is 1. The third-order valence-corrected chi connectivity index (χ3v) is 1.33. The molecule has 0 unspecified atom stereocenters. The number of amides is 1. The molecule has 5 heteroatoms. The van der Waals surface area contributed by atoms with Crippen molar-refractivity contribution < 1.29 is 14.7 Å². The second-order valence-corrected chi connectivity index (χ2v) is 2.15. The summed E-state index contributed by atoms with van der Waals surface area (Å²) in [5.74, 6) is -0.00347. The summed E-state index contributed by atoms with van der Waals surface area (Å²) in [6, 6.07) is -0.247. The summed E-state index contributed by atoms with van der Waals surface area (Å²) in [5.41, 5.74) is 5.37. The minimum atomic E-state index is -0.250. The predicted octanol–water partition coefficient (Wildman–Crippen LogP) is -1.08. The molecule has 64 valence electrons. The highest BCUT2D eigenvalue weighted by Gasteiger charge is 2.15. The quantitative estimate of drug-likeness (QED) is 0.393. The lowest BCUT2D eigenvalue weighted by atomic mass is 10.1. The molecule has 0 aromatic rings. The molecule has 1 heterocycles. The average Bonchev–Trinajstić information content (AvgIpc) is 1.97. The van der Waals surface area contributed by atoms with E-state index in [9.17, 15) is 4.79 Å². The normalized spacial score (nSPS) is 22.6. The van der Waals surface area contributed by atoms with Crippen LogP contribution in [0.3, 0.4) is 0 Å². The largest absolute Gasteiger partial charge is 0.483 e.